The number of nitrogens with zero attached hydrogens (tertiary/aromatic N) is 3. The van der Waals surface area contributed by atoms with Crippen LogP contribution in [0.15, 0.2) is 24.3 Å². The Hall–Kier alpha value is -2.21. The maximum Gasteiger partial charge on any atom is 0.272 e. The lowest BCUT2D eigenvalue weighted by atomic mass is 10.1. The van der Waals surface area contributed by atoms with Crippen molar-refractivity contribution in [2.24, 2.45) is 12.8 Å². The minimum absolute atomic E-state index is 0.127. The van der Waals surface area contributed by atoms with Crippen molar-refractivity contribution in [3.05, 3.63) is 57.2 Å². The molecule has 19 heavy (non-hydrogen) atoms. The molecule has 6 heteroatoms. The molecule has 2 N–H and O–H groups in total. The number of hydrogen-bond acceptors (Lipinski definition) is 4. The number of aromatic nitrogens is 2. The van der Waals surface area contributed by atoms with E-state index >= 15 is 0 Å². The van der Waals surface area contributed by atoms with E-state index in [4.69, 9.17) is 5.73 Å². The third-order valence-corrected chi connectivity index (χ3v) is 3.30. The highest BCUT2D eigenvalue weighted by atomic mass is 16.6. The number of nitro benzene ring substituents is 1. The van der Waals surface area contributed by atoms with Gasteiger partial charge in [0.05, 0.1) is 17.2 Å². The molecule has 0 spiro atoms. The second-order valence-corrected chi connectivity index (χ2v) is 4.39. The van der Waals surface area contributed by atoms with E-state index < -0.39 is 0 Å². The summed E-state index contributed by atoms with van der Waals surface area (Å²) in [6, 6.07) is 6.73. The van der Waals surface area contributed by atoms with Crippen molar-refractivity contribution < 1.29 is 4.92 Å². The summed E-state index contributed by atoms with van der Waals surface area (Å²) < 4.78 is 1.92. The van der Waals surface area contributed by atoms with E-state index in [9.17, 15) is 10.1 Å². The molecule has 0 aliphatic carbocycles. The monoisotopic (exact) mass is 260 g/mol. The van der Waals surface area contributed by atoms with Gasteiger partial charge < -0.3 is 10.3 Å². The van der Waals surface area contributed by atoms with Gasteiger partial charge >= 0.3 is 0 Å². The van der Waals surface area contributed by atoms with Gasteiger partial charge in [0.15, 0.2) is 0 Å². The van der Waals surface area contributed by atoms with Crippen molar-refractivity contribution in [1.82, 2.24) is 9.55 Å². The lowest BCUT2D eigenvalue weighted by Crippen LogP contribution is -2.05. The summed E-state index contributed by atoms with van der Waals surface area (Å²) in [6.07, 6.45) is 0.441. The van der Waals surface area contributed by atoms with Crippen LogP contribution in [0.1, 0.15) is 22.8 Å². The fourth-order valence-corrected chi connectivity index (χ4v) is 2.07. The smallest absolute Gasteiger partial charge is 0.272 e. The fourth-order valence-electron chi connectivity index (χ4n) is 2.07. The van der Waals surface area contributed by atoms with Gasteiger partial charge in [-0.25, -0.2) is 4.98 Å². The Bertz CT molecular complexity index is 619. The van der Waals surface area contributed by atoms with Crippen LogP contribution < -0.4 is 5.73 Å². The molecule has 0 fully saturated rings. The Morgan fingerprint density at radius 1 is 1.42 bits per heavy atom. The molecule has 0 aliphatic heterocycles. The van der Waals surface area contributed by atoms with Crippen LogP contribution in [-0.4, -0.2) is 14.5 Å². The van der Waals surface area contributed by atoms with Crippen molar-refractivity contribution in [1.29, 1.82) is 0 Å². The maximum atomic E-state index is 11.0. The topological polar surface area (TPSA) is 87.0 Å². The average molecular weight is 260 g/mol. The summed E-state index contributed by atoms with van der Waals surface area (Å²) in [7, 11) is 1.90. The predicted molar refractivity (Wildman–Crippen MR) is 71.7 cm³/mol. The lowest BCUT2D eigenvalue weighted by molar-refractivity contribution is -0.385. The van der Waals surface area contributed by atoms with E-state index in [-0.39, 0.29) is 10.6 Å². The lowest BCUT2D eigenvalue weighted by Gasteiger charge is -2.02. The van der Waals surface area contributed by atoms with Gasteiger partial charge in [-0.15, -0.1) is 0 Å². The summed E-state index contributed by atoms with van der Waals surface area (Å²) in [6.45, 7) is 2.30. The number of benzene rings is 1. The molecular weight excluding hydrogens is 244 g/mol. The zero-order valence-electron chi connectivity index (χ0n) is 11.0. The number of imidazole rings is 1. The van der Waals surface area contributed by atoms with Crippen LogP contribution in [0.5, 0.6) is 0 Å². The Kier molecular flexibility index (Phi) is 3.62. The van der Waals surface area contributed by atoms with Gasteiger partial charge in [0.1, 0.15) is 5.82 Å². The molecule has 2 aromatic rings. The zero-order valence-corrected chi connectivity index (χ0v) is 11.0. The van der Waals surface area contributed by atoms with Crippen LogP contribution in [0.4, 0.5) is 5.69 Å². The van der Waals surface area contributed by atoms with Gasteiger partial charge in [0.25, 0.3) is 5.69 Å². The van der Waals surface area contributed by atoms with Crippen LogP contribution >= 0.6 is 0 Å². The summed E-state index contributed by atoms with van der Waals surface area (Å²) >= 11 is 0. The highest BCUT2D eigenvalue weighted by Gasteiger charge is 2.16. The Balaban J connectivity index is 2.39. The molecular formula is C13H16N4O2. The van der Waals surface area contributed by atoms with Crippen molar-refractivity contribution in [2.75, 3.05) is 0 Å². The SMILES string of the molecule is Cc1c(Cc2ccccc2[N+](=O)[O-])nc(CN)n1C. The van der Waals surface area contributed by atoms with Crippen LogP contribution in [-0.2, 0) is 20.0 Å². The Labute approximate surface area is 111 Å². The van der Waals surface area contributed by atoms with Crippen LogP contribution in [0.3, 0.4) is 0 Å². The first-order valence-corrected chi connectivity index (χ1v) is 5.98. The molecule has 1 aromatic heterocycles. The quantitative estimate of drug-likeness (QED) is 0.669. The molecule has 1 heterocycles. The van der Waals surface area contributed by atoms with E-state index in [1.165, 1.54) is 6.07 Å². The fraction of sp³-hybridized carbons (Fsp3) is 0.308. The number of para-hydroxylation sites is 1. The molecule has 0 amide bonds. The average Bonchev–Trinajstić information content (AvgIpc) is 2.67. The van der Waals surface area contributed by atoms with E-state index in [0.29, 0.717) is 18.5 Å². The third-order valence-electron chi connectivity index (χ3n) is 3.30. The molecule has 0 atom stereocenters. The third kappa shape index (κ3) is 2.48. The minimum Gasteiger partial charge on any atom is -0.334 e. The second-order valence-electron chi connectivity index (χ2n) is 4.39. The summed E-state index contributed by atoms with van der Waals surface area (Å²) in [4.78, 5) is 15.1. The van der Waals surface area contributed by atoms with E-state index in [1.807, 2.05) is 18.5 Å². The number of hydrogen-bond donors (Lipinski definition) is 1. The van der Waals surface area contributed by atoms with Crippen molar-refractivity contribution >= 4 is 5.69 Å². The van der Waals surface area contributed by atoms with Gasteiger partial charge in [-0.3, -0.25) is 10.1 Å². The molecule has 0 saturated heterocycles. The molecule has 0 bridgehead atoms. The highest BCUT2D eigenvalue weighted by molar-refractivity contribution is 5.42. The second kappa shape index (κ2) is 5.19. The van der Waals surface area contributed by atoms with Crippen LogP contribution in [0.25, 0.3) is 0 Å². The van der Waals surface area contributed by atoms with Crippen LogP contribution in [0.2, 0.25) is 0 Å². The molecule has 0 radical (unpaired) electrons. The number of rotatable bonds is 4. The van der Waals surface area contributed by atoms with E-state index in [1.54, 1.807) is 18.2 Å². The normalized spacial score (nSPS) is 10.7. The van der Waals surface area contributed by atoms with Crippen LogP contribution in [0, 0.1) is 17.0 Å². The Morgan fingerprint density at radius 3 is 2.68 bits per heavy atom. The zero-order chi connectivity index (χ0) is 14.0. The number of nitrogens with two attached hydrogens (primary N) is 1. The molecule has 1 aromatic carbocycles. The first kappa shape index (κ1) is 13.2. The standard InChI is InChI=1S/C13H16N4O2/c1-9-11(15-13(8-14)16(9)2)7-10-5-3-4-6-12(10)17(18)19/h3-6H,7-8,14H2,1-2H3. The molecule has 6 nitrogen and oxygen atoms in total. The minimum atomic E-state index is -0.364. The van der Waals surface area contributed by atoms with Crippen molar-refractivity contribution in [3.8, 4) is 0 Å². The van der Waals surface area contributed by atoms with Gasteiger partial charge in [0.2, 0.25) is 0 Å². The largest absolute Gasteiger partial charge is 0.334 e. The van der Waals surface area contributed by atoms with E-state index in [2.05, 4.69) is 4.98 Å². The first-order valence-electron chi connectivity index (χ1n) is 5.98. The maximum absolute atomic E-state index is 11.0. The van der Waals surface area contributed by atoms with Crippen molar-refractivity contribution in [3.63, 3.8) is 0 Å². The predicted octanol–water partition coefficient (Wildman–Crippen LogP) is 1.69. The highest BCUT2D eigenvalue weighted by Crippen LogP contribution is 2.22. The molecule has 0 aliphatic rings. The summed E-state index contributed by atoms with van der Waals surface area (Å²) in [5, 5.41) is 11.0. The molecule has 0 saturated carbocycles. The van der Waals surface area contributed by atoms with Gasteiger partial charge in [-0.2, -0.15) is 0 Å². The number of nitro groups is 1. The Morgan fingerprint density at radius 2 is 2.11 bits per heavy atom. The summed E-state index contributed by atoms with van der Waals surface area (Å²) in [5.74, 6) is 0.783. The van der Waals surface area contributed by atoms with E-state index in [0.717, 1.165) is 17.2 Å². The molecule has 100 valence electrons. The van der Waals surface area contributed by atoms with Gasteiger partial charge in [0, 0.05) is 30.8 Å². The van der Waals surface area contributed by atoms with Gasteiger partial charge in [-0.1, -0.05) is 18.2 Å². The molecule has 2 rings (SSSR count). The van der Waals surface area contributed by atoms with Gasteiger partial charge in [-0.05, 0) is 6.92 Å². The summed E-state index contributed by atoms with van der Waals surface area (Å²) in [5.41, 5.74) is 8.22. The van der Waals surface area contributed by atoms with Crippen molar-refractivity contribution in [2.45, 2.75) is 19.9 Å². The first-order chi connectivity index (χ1) is 9.04. The molecule has 0 unspecified atom stereocenters.